The van der Waals surface area contributed by atoms with Crippen LogP contribution in [0.15, 0.2) is 29.2 Å². The van der Waals surface area contributed by atoms with Crippen LogP contribution < -0.4 is 4.72 Å². The van der Waals surface area contributed by atoms with Crippen LogP contribution in [0.2, 0.25) is 0 Å². The number of sulfonamides is 1. The van der Waals surface area contributed by atoms with Gasteiger partial charge < -0.3 is 0 Å². The molecule has 0 heterocycles. The molecule has 0 atom stereocenters. The molecule has 1 fully saturated rings. The van der Waals surface area contributed by atoms with Crippen LogP contribution in [0.25, 0.3) is 0 Å². The Morgan fingerprint density at radius 3 is 2.22 bits per heavy atom. The summed E-state index contributed by atoms with van der Waals surface area (Å²) in [4.78, 5) is 0.127. The normalized spacial score (nSPS) is 25.0. The maximum atomic E-state index is 12.8. The Kier molecular flexibility index (Phi) is 4.02. The van der Waals surface area contributed by atoms with Gasteiger partial charge in [0.2, 0.25) is 10.0 Å². The van der Waals surface area contributed by atoms with Crippen molar-refractivity contribution >= 4 is 10.0 Å². The van der Waals surface area contributed by atoms with Gasteiger partial charge in [-0.2, -0.15) is 0 Å². The minimum atomic E-state index is -3.51. The van der Waals surface area contributed by atoms with Crippen molar-refractivity contribution in [1.82, 2.24) is 4.72 Å². The third-order valence-electron chi connectivity index (χ3n) is 3.46. The first-order valence-electron chi connectivity index (χ1n) is 6.25. The Labute approximate surface area is 107 Å². The Morgan fingerprint density at radius 1 is 1.11 bits per heavy atom. The van der Waals surface area contributed by atoms with Gasteiger partial charge in [0.25, 0.3) is 0 Å². The largest absolute Gasteiger partial charge is 0.240 e. The molecule has 5 heteroatoms. The molecule has 2 rings (SSSR count). The molecule has 0 bridgehead atoms. The second-order valence-electron chi connectivity index (χ2n) is 5.03. The zero-order valence-electron chi connectivity index (χ0n) is 10.4. The molecular formula is C13H18FNO2S. The maximum Gasteiger partial charge on any atom is 0.240 e. The van der Waals surface area contributed by atoms with Gasteiger partial charge in [-0.05, 0) is 55.9 Å². The Bertz CT molecular complexity index is 490. The van der Waals surface area contributed by atoms with Crippen LogP contribution in [0.4, 0.5) is 4.39 Å². The average Bonchev–Trinajstić information content (AvgIpc) is 2.32. The summed E-state index contributed by atoms with van der Waals surface area (Å²) in [5, 5.41) is 0. The van der Waals surface area contributed by atoms with Crippen molar-refractivity contribution in [2.75, 3.05) is 0 Å². The highest BCUT2D eigenvalue weighted by Gasteiger charge is 2.23. The molecule has 0 aliphatic heterocycles. The van der Waals surface area contributed by atoms with Gasteiger partial charge in [-0.25, -0.2) is 17.5 Å². The van der Waals surface area contributed by atoms with Gasteiger partial charge >= 0.3 is 0 Å². The fourth-order valence-electron chi connectivity index (χ4n) is 2.28. The molecule has 0 radical (unpaired) electrons. The third-order valence-corrected chi connectivity index (χ3v) is 5.00. The second-order valence-corrected chi connectivity index (χ2v) is 6.75. The van der Waals surface area contributed by atoms with E-state index in [2.05, 4.69) is 11.6 Å². The monoisotopic (exact) mass is 271 g/mol. The molecule has 1 aromatic rings. The predicted molar refractivity (Wildman–Crippen MR) is 68.1 cm³/mol. The first kappa shape index (κ1) is 13.5. The zero-order valence-corrected chi connectivity index (χ0v) is 11.2. The van der Waals surface area contributed by atoms with E-state index in [0.717, 1.165) is 37.8 Å². The van der Waals surface area contributed by atoms with Gasteiger partial charge in [0.15, 0.2) is 0 Å². The molecule has 0 spiro atoms. The lowest BCUT2D eigenvalue weighted by Gasteiger charge is -2.26. The van der Waals surface area contributed by atoms with E-state index < -0.39 is 15.8 Å². The minimum absolute atomic E-state index is 0.0104. The van der Waals surface area contributed by atoms with Crippen molar-refractivity contribution < 1.29 is 12.8 Å². The molecule has 3 nitrogen and oxygen atoms in total. The first-order valence-corrected chi connectivity index (χ1v) is 7.73. The van der Waals surface area contributed by atoms with Crippen molar-refractivity contribution in [2.24, 2.45) is 5.92 Å². The van der Waals surface area contributed by atoms with E-state index in [1.54, 1.807) is 0 Å². The number of halogens is 1. The van der Waals surface area contributed by atoms with E-state index >= 15 is 0 Å². The molecule has 1 aromatic carbocycles. The summed E-state index contributed by atoms with van der Waals surface area (Å²) in [5.41, 5.74) is 0. The van der Waals surface area contributed by atoms with Gasteiger partial charge in [0, 0.05) is 6.04 Å². The van der Waals surface area contributed by atoms with Crippen LogP contribution in [0, 0.1) is 11.7 Å². The number of hydrogen-bond donors (Lipinski definition) is 1. The van der Waals surface area contributed by atoms with Gasteiger partial charge in [-0.1, -0.05) is 6.92 Å². The topological polar surface area (TPSA) is 46.2 Å². The average molecular weight is 271 g/mol. The number of nitrogens with one attached hydrogen (secondary N) is 1. The number of rotatable bonds is 3. The van der Waals surface area contributed by atoms with E-state index in [0.29, 0.717) is 5.92 Å². The molecule has 1 N–H and O–H groups in total. The predicted octanol–water partition coefficient (Wildman–Crippen LogP) is 2.68. The van der Waals surface area contributed by atoms with Crippen molar-refractivity contribution in [3.8, 4) is 0 Å². The Morgan fingerprint density at radius 2 is 1.67 bits per heavy atom. The summed E-state index contributed by atoms with van der Waals surface area (Å²) in [5.74, 6) is 0.247. The fourth-order valence-corrected chi connectivity index (χ4v) is 3.58. The lowest BCUT2D eigenvalue weighted by molar-refractivity contribution is 0.332. The SMILES string of the molecule is CC1CCC(NS(=O)(=O)c2ccc(F)cc2)CC1. The molecule has 0 unspecified atom stereocenters. The van der Waals surface area contributed by atoms with E-state index in [4.69, 9.17) is 0 Å². The number of hydrogen-bond acceptors (Lipinski definition) is 2. The lowest BCUT2D eigenvalue weighted by Crippen LogP contribution is -2.37. The zero-order chi connectivity index (χ0) is 13.2. The molecule has 1 aliphatic rings. The van der Waals surface area contributed by atoms with E-state index in [9.17, 15) is 12.8 Å². The van der Waals surface area contributed by atoms with Crippen LogP contribution in [0.5, 0.6) is 0 Å². The second kappa shape index (κ2) is 5.36. The van der Waals surface area contributed by atoms with Crippen molar-refractivity contribution in [1.29, 1.82) is 0 Å². The third kappa shape index (κ3) is 3.29. The van der Waals surface area contributed by atoms with Crippen molar-refractivity contribution in [3.05, 3.63) is 30.1 Å². The van der Waals surface area contributed by atoms with Crippen LogP contribution >= 0.6 is 0 Å². The Balaban J connectivity index is 2.05. The van der Waals surface area contributed by atoms with Gasteiger partial charge in [0.1, 0.15) is 5.82 Å². The minimum Gasteiger partial charge on any atom is -0.208 e. The summed E-state index contributed by atoms with van der Waals surface area (Å²) in [7, 11) is -3.51. The van der Waals surface area contributed by atoms with Gasteiger partial charge in [0.05, 0.1) is 4.90 Å². The van der Waals surface area contributed by atoms with Gasteiger partial charge in [-0.3, -0.25) is 0 Å². The summed E-state index contributed by atoms with van der Waals surface area (Å²) in [6.45, 7) is 2.19. The molecule has 100 valence electrons. The van der Waals surface area contributed by atoms with Crippen molar-refractivity contribution in [3.63, 3.8) is 0 Å². The molecule has 0 aromatic heterocycles. The van der Waals surface area contributed by atoms with Crippen LogP contribution in [0.1, 0.15) is 32.6 Å². The molecule has 0 amide bonds. The summed E-state index contributed by atoms with van der Waals surface area (Å²) in [6, 6.07) is 4.93. The summed E-state index contributed by atoms with van der Waals surface area (Å²) in [6.07, 6.45) is 3.86. The molecule has 1 saturated carbocycles. The molecular weight excluding hydrogens is 253 g/mol. The summed E-state index contributed by atoms with van der Waals surface area (Å²) < 4.78 is 39.6. The smallest absolute Gasteiger partial charge is 0.208 e. The standard InChI is InChI=1S/C13H18FNO2S/c1-10-2-6-12(7-3-10)15-18(16,17)13-8-4-11(14)5-9-13/h4-5,8-10,12,15H,2-3,6-7H2,1H3. The fraction of sp³-hybridized carbons (Fsp3) is 0.538. The molecule has 0 saturated heterocycles. The summed E-state index contributed by atoms with van der Waals surface area (Å²) >= 11 is 0. The molecule has 1 aliphatic carbocycles. The van der Waals surface area contributed by atoms with Crippen LogP contribution in [-0.4, -0.2) is 14.5 Å². The highest BCUT2D eigenvalue weighted by atomic mass is 32.2. The highest BCUT2D eigenvalue weighted by Crippen LogP contribution is 2.24. The maximum absolute atomic E-state index is 12.8. The van der Waals surface area contributed by atoms with Crippen LogP contribution in [-0.2, 0) is 10.0 Å². The molecule has 18 heavy (non-hydrogen) atoms. The lowest BCUT2D eigenvalue weighted by atomic mass is 9.88. The van der Waals surface area contributed by atoms with E-state index in [1.807, 2.05) is 0 Å². The van der Waals surface area contributed by atoms with E-state index in [1.165, 1.54) is 12.1 Å². The Hall–Kier alpha value is -0.940. The quantitative estimate of drug-likeness (QED) is 0.918. The van der Waals surface area contributed by atoms with Crippen LogP contribution in [0.3, 0.4) is 0 Å². The number of benzene rings is 1. The van der Waals surface area contributed by atoms with Crippen molar-refractivity contribution in [2.45, 2.75) is 43.5 Å². The van der Waals surface area contributed by atoms with Gasteiger partial charge in [-0.15, -0.1) is 0 Å². The first-order chi connectivity index (χ1) is 8.47. The highest BCUT2D eigenvalue weighted by molar-refractivity contribution is 7.89. The van der Waals surface area contributed by atoms with E-state index in [-0.39, 0.29) is 10.9 Å².